The zero-order chi connectivity index (χ0) is 21.6. The molecule has 1 aliphatic heterocycles. The van der Waals surface area contributed by atoms with E-state index in [4.69, 9.17) is 4.98 Å². The first-order valence-electron chi connectivity index (χ1n) is 10.4. The number of nitrogens with zero attached hydrogens (tertiary/aromatic N) is 2. The van der Waals surface area contributed by atoms with Gasteiger partial charge in [-0.15, -0.1) is 0 Å². The van der Waals surface area contributed by atoms with Crippen LogP contribution < -0.4 is 10.6 Å². The number of likely N-dealkylation sites (N-methyl/N-ethyl adjacent to an activating group) is 1. The smallest absolute Gasteiger partial charge is 0.324 e. The van der Waals surface area contributed by atoms with Crippen LogP contribution >= 0.6 is 0 Å². The fourth-order valence-corrected chi connectivity index (χ4v) is 4.58. The molecule has 2 aliphatic rings. The molecule has 1 atom stereocenters. The average Bonchev–Trinajstić information content (AvgIpc) is 3.23. The zero-order valence-corrected chi connectivity index (χ0v) is 17.3. The van der Waals surface area contributed by atoms with Gasteiger partial charge in [0.2, 0.25) is 0 Å². The molecule has 1 aliphatic carbocycles. The lowest BCUT2D eigenvalue weighted by Gasteiger charge is -2.27. The van der Waals surface area contributed by atoms with Crippen LogP contribution in [0.1, 0.15) is 22.4 Å². The van der Waals surface area contributed by atoms with E-state index in [0.29, 0.717) is 19.4 Å². The molecule has 158 valence electrons. The number of carbonyl (C=O) groups is 2. The molecular formula is C24H24N4O3. The molecule has 1 unspecified atom stereocenters. The molecule has 0 radical (unpaired) electrons. The van der Waals surface area contributed by atoms with Crippen molar-refractivity contribution >= 4 is 22.8 Å². The second kappa shape index (κ2) is 7.35. The second-order valence-corrected chi connectivity index (χ2v) is 8.41. The number of phenolic OH excluding ortho intramolecular Hbond substituents is 1. The number of hydrogen-bond donors (Lipinski definition) is 3. The molecule has 0 saturated carbocycles. The molecule has 1 saturated heterocycles. The molecule has 5 rings (SSSR count). The van der Waals surface area contributed by atoms with Crippen LogP contribution in [-0.4, -0.2) is 46.1 Å². The molecule has 0 bridgehead atoms. The number of pyridine rings is 1. The summed E-state index contributed by atoms with van der Waals surface area (Å²) in [5.74, 6) is 0.0630. The number of fused-ring (bicyclic) bond motifs is 2. The Bertz CT molecular complexity index is 1190. The van der Waals surface area contributed by atoms with E-state index in [2.05, 4.69) is 28.8 Å². The van der Waals surface area contributed by atoms with E-state index in [0.717, 1.165) is 40.7 Å². The van der Waals surface area contributed by atoms with Gasteiger partial charge in [-0.05, 0) is 60.0 Å². The van der Waals surface area contributed by atoms with Crippen LogP contribution in [0.2, 0.25) is 0 Å². The van der Waals surface area contributed by atoms with Gasteiger partial charge >= 0.3 is 6.03 Å². The van der Waals surface area contributed by atoms with Crippen molar-refractivity contribution < 1.29 is 14.7 Å². The number of imide groups is 1. The molecule has 2 heterocycles. The fraction of sp³-hybridized carbons (Fsp3) is 0.292. The van der Waals surface area contributed by atoms with Gasteiger partial charge in [0, 0.05) is 31.8 Å². The summed E-state index contributed by atoms with van der Waals surface area (Å²) in [6.07, 6.45) is 1.92. The summed E-state index contributed by atoms with van der Waals surface area (Å²) in [5.41, 5.74) is 4.40. The number of nitrogens with one attached hydrogen (secondary N) is 2. The minimum atomic E-state index is -0.810. The normalized spacial score (nSPS) is 20.0. The summed E-state index contributed by atoms with van der Waals surface area (Å²) in [7, 11) is 1.69. The van der Waals surface area contributed by atoms with Gasteiger partial charge < -0.3 is 15.3 Å². The van der Waals surface area contributed by atoms with Gasteiger partial charge in [-0.1, -0.05) is 18.2 Å². The topological polar surface area (TPSA) is 94.6 Å². The molecule has 3 N–H and O–H groups in total. The van der Waals surface area contributed by atoms with Crippen molar-refractivity contribution in [1.82, 2.24) is 20.5 Å². The molecule has 2 aromatic carbocycles. The standard InChI is InChI=1S/C24H24N4O3/c1-28-23(31)27-22(30)24(28)12-17-10-16-4-5-19(26-21(16)11-18(17)13-24)14-25-9-8-15-2-6-20(29)7-3-15/h2-7,10-11,25,29H,8-9,12-14H2,1H3,(H,27,30,31). The first-order chi connectivity index (χ1) is 14.9. The summed E-state index contributed by atoms with van der Waals surface area (Å²) < 4.78 is 0. The Balaban J connectivity index is 1.28. The van der Waals surface area contributed by atoms with Crippen molar-refractivity contribution in [3.8, 4) is 5.75 Å². The largest absolute Gasteiger partial charge is 0.508 e. The number of amides is 3. The molecule has 1 fully saturated rings. The maximum atomic E-state index is 12.5. The van der Waals surface area contributed by atoms with E-state index in [-0.39, 0.29) is 17.7 Å². The van der Waals surface area contributed by atoms with Crippen LogP contribution in [0.15, 0.2) is 48.5 Å². The van der Waals surface area contributed by atoms with E-state index >= 15 is 0 Å². The van der Waals surface area contributed by atoms with Crippen LogP contribution in [0, 0.1) is 0 Å². The van der Waals surface area contributed by atoms with E-state index < -0.39 is 5.54 Å². The predicted octanol–water partition coefficient (Wildman–Crippen LogP) is 2.29. The first kappa shape index (κ1) is 19.5. The van der Waals surface area contributed by atoms with Crippen molar-refractivity contribution in [3.63, 3.8) is 0 Å². The second-order valence-electron chi connectivity index (χ2n) is 8.41. The third-order valence-corrected chi connectivity index (χ3v) is 6.46. The summed E-state index contributed by atoms with van der Waals surface area (Å²) in [5, 5.41) is 16.3. The van der Waals surface area contributed by atoms with E-state index in [9.17, 15) is 14.7 Å². The monoisotopic (exact) mass is 416 g/mol. The Morgan fingerprint density at radius 3 is 2.55 bits per heavy atom. The highest BCUT2D eigenvalue weighted by Gasteiger charge is 2.54. The number of hydrogen-bond acceptors (Lipinski definition) is 5. The molecule has 7 heteroatoms. The summed E-state index contributed by atoms with van der Waals surface area (Å²) >= 11 is 0. The van der Waals surface area contributed by atoms with Crippen LogP contribution in [0.3, 0.4) is 0 Å². The maximum Gasteiger partial charge on any atom is 0.324 e. The fourth-order valence-electron chi connectivity index (χ4n) is 4.58. The van der Waals surface area contributed by atoms with Gasteiger partial charge in [0.1, 0.15) is 11.3 Å². The SMILES string of the molecule is CN1C(=O)NC(=O)C12Cc1cc3ccc(CNCCc4ccc(O)cc4)nc3cc1C2. The Kier molecular flexibility index (Phi) is 4.63. The van der Waals surface area contributed by atoms with Gasteiger partial charge in [-0.3, -0.25) is 15.1 Å². The molecule has 3 amide bonds. The Morgan fingerprint density at radius 1 is 1.10 bits per heavy atom. The number of aromatic nitrogens is 1. The zero-order valence-electron chi connectivity index (χ0n) is 17.3. The number of benzene rings is 2. The minimum absolute atomic E-state index is 0.216. The van der Waals surface area contributed by atoms with E-state index in [1.54, 1.807) is 19.2 Å². The van der Waals surface area contributed by atoms with Crippen molar-refractivity contribution in [1.29, 1.82) is 0 Å². The molecule has 1 aromatic heterocycles. The van der Waals surface area contributed by atoms with Crippen LogP contribution in [-0.2, 0) is 30.6 Å². The number of phenols is 1. The Morgan fingerprint density at radius 2 is 1.84 bits per heavy atom. The van der Waals surface area contributed by atoms with Gasteiger partial charge in [-0.25, -0.2) is 4.79 Å². The van der Waals surface area contributed by atoms with Crippen LogP contribution in [0.5, 0.6) is 5.75 Å². The highest BCUT2D eigenvalue weighted by atomic mass is 16.3. The van der Waals surface area contributed by atoms with Gasteiger partial charge in [0.15, 0.2) is 0 Å². The van der Waals surface area contributed by atoms with Crippen molar-refractivity contribution in [2.24, 2.45) is 0 Å². The summed E-state index contributed by atoms with van der Waals surface area (Å²) in [6.45, 7) is 1.47. The molecule has 1 spiro atoms. The van der Waals surface area contributed by atoms with Gasteiger partial charge in [0.05, 0.1) is 11.2 Å². The van der Waals surface area contributed by atoms with Crippen molar-refractivity contribution in [2.45, 2.75) is 31.3 Å². The third-order valence-electron chi connectivity index (χ3n) is 6.46. The number of rotatable bonds is 5. The lowest BCUT2D eigenvalue weighted by molar-refractivity contribution is -0.125. The maximum absolute atomic E-state index is 12.5. The molecule has 31 heavy (non-hydrogen) atoms. The predicted molar refractivity (Wildman–Crippen MR) is 117 cm³/mol. The lowest BCUT2D eigenvalue weighted by atomic mass is 9.95. The van der Waals surface area contributed by atoms with Gasteiger partial charge in [-0.2, -0.15) is 0 Å². The van der Waals surface area contributed by atoms with Crippen LogP contribution in [0.4, 0.5) is 4.79 Å². The number of carbonyl (C=O) groups excluding carboxylic acids is 2. The van der Waals surface area contributed by atoms with E-state index in [1.807, 2.05) is 18.2 Å². The summed E-state index contributed by atoms with van der Waals surface area (Å²) in [4.78, 5) is 30.8. The quantitative estimate of drug-likeness (QED) is 0.438. The minimum Gasteiger partial charge on any atom is -0.508 e. The Labute approximate surface area is 180 Å². The highest BCUT2D eigenvalue weighted by Crippen LogP contribution is 2.38. The number of aromatic hydroxyl groups is 1. The Hall–Kier alpha value is -3.45. The van der Waals surface area contributed by atoms with E-state index in [1.165, 1.54) is 10.5 Å². The van der Waals surface area contributed by atoms with Crippen LogP contribution in [0.25, 0.3) is 10.9 Å². The van der Waals surface area contributed by atoms with Gasteiger partial charge in [0.25, 0.3) is 5.91 Å². The van der Waals surface area contributed by atoms with Crippen molar-refractivity contribution in [2.75, 3.05) is 13.6 Å². The average molecular weight is 416 g/mol. The molecule has 3 aromatic rings. The first-order valence-corrected chi connectivity index (χ1v) is 10.4. The lowest BCUT2D eigenvalue weighted by Crippen LogP contribution is -2.48. The summed E-state index contributed by atoms with van der Waals surface area (Å²) in [6, 6.07) is 15.2. The third kappa shape index (κ3) is 3.41. The molecular weight excluding hydrogens is 392 g/mol. The van der Waals surface area contributed by atoms with Crippen molar-refractivity contribution in [3.05, 3.63) is 70.9 Å². The molecule has 7 nitrogen and oxygen atoms in total. The highest BCUT2D eigenvalue weighted by molar-refractivity contribution is 6.07. The number of urea groups is 1.